The van der Waals surface area contributed by atoms with Gasteiger partial charge < -0.3 is 4.84 Å². The van der Waals surface area contributed by atoms with Gasteiger partial charge in [0.05, 0.1) is 0 Å². The zero-order valence-electron chi connectivity index (χ0n) is 17.4. The van der Waals surface area contributed by atoms with Crippen molar-refractivity contribution >= 4 is 11.8 Å². The molecule has 0 bridgehead atoms. The maximum Gasteiger partial charge on any atom is 0.493 e. The molecule has 4 nitrogen and oxygen atoms in total. The van der Waals surface area contributed by atoms with Gasteiger partial charge in [0.15, 0.2) is 0 Å². The van der Waals surface area contributed by atoms with Gasteiger partial charge in [-0.2, -0.15) is 18.2 Å². The fraction of sp³-hybridized carbons (Fsp3) is 0.200. The van der Waals surface area contributed by atoms with Crippen molar-refractivity contribution in [1.29, 1.82) is 0 Å². The molecule has 33 heavy (non-hydrogen) atoms. The number of nitrogens with zero attached hydrogens (tertiary/aromatic N) is 2. The topological polar surface area (TPSA) is 41.9 Å². The maximum atomic E-state index is 13.6. The summed E-state index contributed by atoms with van der Waals surface area (Å²) in [5, 5.41) is 0.960. The van der Waals surface area contributed by atoms with Crippen LogP contribution in [0.15, 0.2) is 89.9 Å². The fourth-order valence-corrected chi connectivity index (χ4v) is 3.83. The van der Waals surface area contributed by atoms with Crippen molar-refractivity contribution in [2.24, 2.45) is 4.99 Å². The van der Waals surface area contributed by atoms with E-state index in [1.807, 2.05) is 30.3 Å². The van der Waals surface area contributed by atoms with Gasteiger partial charge >= 0.3 is 12.1 Å². The second-order valence-electron chi connectivity index (χ2n) is 7.59. The lowest BCUT2D eigenvalue weighted by atomic mass is 9.95. The molecule has 1 aliphatic heterocycles. The zero-order valence-corrected chi connectivity index (χ0v) is 17.4. The number of carbonyl (C=O) groups excluding carboxylic acids is 1. The van der Waals surface area contributed by atoms with E-state index in [-0.39, 0.29) is 12.3 Å². The van der Waals surface area contributed by atoms with E-state index in [2.05, 4.69) is 4.99 Å². The summed E-state index contributed by atoms with van der Waals surface area (Å²) in [5.74, 6) is -2.55. The summed E-state index contributed by atoms with van der Waals surface area (Å²) >= 11 is 0. The number of carbonyl (C=O) groups is 1. The molecule has 3 aromatic rings. The minimum atomic E-state index is -5.17. The molecule has 2 atom stereocenters. The van der Waals surface area contributed by atoms with Crippen molar-refractivity contribution < 1.29 is 27.2 Å². The van der Waals surface area contributed by atoms with Crippen LogP contribution in [-0.4, -0.2) is 23.0 Å². The van der Waals surface area contributed by atoms with Gasteiger partial charge in [0.25, 0.3) is 0 Å². The normalized spacial score (nSPS) is 18.2. The number of hydrogen-bond donors (Lipinski definition) is 0. The van der Waals surface area contributed by atoms with Crippen molar-refractivity contribution in [2.75, 3.05) is 0 Å². The monoisotopic (exact) mass is 456 g/mol. The minimum absolute atomic E-state index is 0.154. The van der Waals surface area contributed by atoms with E-state index in [4.69, 9.17) is 4.84 Å². The van der Waals surface area contributed by atoms with E-state index in [0.29, 0.717) is 17.5 Å². The highest BCUT2D eigenvalue weighted by Gasteiger charge is 2.47. The molecule has 4 rings (SSSR count). The average Bonchev–Trinajstić information content (AvgIpc) is 3.16. The molecule has 0 spiro atoms. The van der Waals surface area contributed by atoms with E-state index < -0.39 is 30.0 Å². The van der Waals surface area contributed by atoms with Crippen LogP contribution < -0.4 is 0 Å². The third-order valence-electron chi connectivity index (χ3n) is 5.32. The third-order valence-corrected chi connectivity index (χ3v) is 5.32. The lowest BCUT2D eigenvalue weighted by Crippen LogP contribution is -2.39. The first-order valence-corrected chi connectivity index (χ1v) is 10.3. The smallest absolute Gasteiger partial charge is 0.330 e. The number of hydrogen-bond acceptors (Lipinski definition) is 4. The summed E-state index contributed by atoms with van der Waals surface area (Å²) in [5.41, 5.74) is 2.06. The van der Waals surface area contributed by atoms with E-state index in [1.165, 1.54) is 12.1 Å². The van der Waals surface area contributed by atoms with E-state index in [0.717, 1.165) is 10.6 Å². The molecule has 0 amide bonds. The molecule has 8 heteroatoms. The number of amidine groups is 1. The first-order chi connectivity index (χ1) is 15.8. The molecule has 0 fully saturated rings. The van der Waals surface area contributed by atoms with Gasteiger partial charge in [-0.25, -0.2) is 9.18 Å². The van der Waals surface area contributed by atoms with Gasteiger partial charge in [-0.3, -0.25) is 4.99 Å². The molecule has 0 radical (unpaired) electrons. The molecule has 170 valence electrons. The average molecular weight is 456 g/mol. The molecule has 1 aliphatic rings. The Kier molecular flexibility index (Phi) is 6.44. The summed E-state index contributed by atoms with van der Waals surface area (Å²) in [6.07, 6.45) is -4.71. The van der Waals surface area contributed by atoms with Gasteiger partial charge in [-0.1, -0.05) is 72.8 Å². The van der Waals surface area contributed by atoms with Gasteiger partial charge in [-0.05, 0) is 35.2 Å². The highest BCUT2D eigenvalue weighted by Crippen LogP contribution is 2.43. The molecule has 2 unspecified atom stereocenters. The van der Waals surface area contributed by atoms with Crippen LogP contribution in [0.4, 0.5) is 17.6 Å². The largest absolute Gasteiger partial charge is 0.493 e. The number of halogens is 4. The Hall–Kier alpha value is -3.68. The number of rotatable bonds is 6. The number of benzene rings is 3. The SMILES string of the molecule is O=C(ON1C(CCc2cccc(F)c2)=NC(c2ccccc2)C1c1ccccc1)C(F)(F)F. The number of aryl methyl sites for hydroxylation is 1. The molecule has 0 aliphatic carbocycles. The van der Waals surface area contributed by atoms with E-state index >= 15 is 0 Å². The first-order valence-electron chi connectivity index (χ1n) is 10.3. The Morgan fingerprint density at radius 1 is 0.879 bits per heavy atom. The first kappa shape index (κ1) is 22.5. The molecule has 0 aromatic heterocycles. The molecular formula is C25H20F4N2O2. The summed E-state index contributed by atoms with van der Waals surface area (Å²) in [6.45, 7) is 0. The van der Waals surface area contributed by atoms with Crippen molar-refractivity contribution in [3.63, 3.8) is 0 Å². The third kappa shape index (κ3) is 5.22. The van der Waals surface area contributed by atoms with Crippen LogP contribution in [0.2, 0.25) is 0 Å². The molecule has 3 aromatic carbocycles. The molecule has 0 saturated carbocycles. The Morgan fingerprint density at radius 3 is 2.12 bits per heavy atom. The fourth-order valence-electron chi connectivity index (χ4n) is 3.83. The van der Waals surface area contributed by atoms with Crippen LogP contribution in [0.1, 0.15) is 35.2 Å². The van der Waals surface area contributed by atoms with Crippen LogP contribution in [0, 0.1) is 5.82 Å². The van der Waals surface area contributed by atoms with Crippen LogP contribution in [0.5, 0.6) is 0 Å². The lowest BCUT2D eigenvalue weighted by molar-refractivity contribution is -0.230. The van der Waals surface area contributed by atoms with Crippen molar-refractivity contribution in [3.05, 3.63) is 107 Å². The summed E-state index contributed by atoms with van der Waals surface area (Å²) in [4.78, 5) is 21.4. The number of alkyl halides is 3. The molecule has 0 saturated heterocycles. The highest BCUT2D eigenvalue weighted by molar-refractivity contribution is 5.86. The van der Waals surface area contributed by atoms with Crippen LogP contribution in [0.25, 0.3) is 0 Å². The van der Waals surface area contributed by atoms with Crippen LogP contribution >= 0.6 is 0 Å². The van der Waals surface area contributed by atoms with Crippen molar-refractivity contribution in [2.45, 2.75) is 31.1 Å². The van der Waals surface area contributed by atoms with Crippen molar-refractivity contribution in [1.82, 2.24) is 5.06 Å². The van der Waals surface area contributed by atoms with Crippen LogP contribution in [0.3, 0.4) is 0 Å². The molecule has 0 N–H and O–H groups in total. The van der Waals surface area contributed by atoms with Crippen LogP contribution in [-0.2, 0) is 16.1 Å². The van der Waals surface area contributed by atoms with E-state index in [9.17, 15) is 22.4 Å². The molecule has 1 heterocycles. The number of aliphatic imine (C=N–C) groups is 1. The Balaban J connectivity index is 1.72. The van der Waals surface area contributed by atoms with Gasteiger partial charge in [-0.15, -0.1) is 0 Å². The van der Waals surface area contributed by atoms with Gasteiger partial charge in [0.2, 0.25) is 0 Å². The minimum Gasteiger partial charge on any atom is -0.330 e. The van der Waals surface area contributed by atoms with Gasteiger partial charge in [0, 0.05) is 6.42 Å². The maximum absolute atomic E-state index is 13.6. The Morgan fingerprint density at radius 2 is 1.52 bits per heavy atom. The highest BCUT2D eigenvalue weighted by atomic mass is 19.4. The predicted molar refractivity (Wildman–Crippen MR) is 115 cm³/mol. The Bertz CT molecular complexity index is 1130. The Labute approximate surface area is 188 Å². The van der Waals surface area contributed by atoms with Gasteiger partial charge in [0.1, 0.15) is 23.7 Å². The number of hydroxylamine groups is 2. The standard InChI is InChI=1S/C25H20F4N2O2/c26-20-13-7-8-17(16-20)14-15-21-30-22(18-9-3-1-4-10-18)23(19-11-5-2-6-12-19)31(21)33-24(32)25(27,28)29/h1-13,16,22-23H,14-15H2. The summed E-state index contributed by atoms with van der Waals surface area (Å²) in [6, 6.07) is 22.4. The lowest BCUT2D eigenvalue weighted by Gasteiger charge is -2.29. The zero-order chi connectivity index (χ0) is 23.4. The summed E-state index contributed by atoms with van der Waals surface area (Å²) < 4.78 is 52.9. The second kappa shape index (κ2) is 9.44. The van der Waals surface area contributed by atoms with E-state index in [1.54, 1.807) is 42.5 Å². The summed E-state index contributed by atoms with van der Waals surface area (Å²) in [7, 11) is 0. The molecular weight excluding hydrogens is 436 g/mol. The second-order valence-corrected chi connectivity index (χ2v) is 7.59. The quantitative estimate of drug-likeness (QED) is 0.429. The predicted octanol–water partition coefficient (Wildman–Crippen LogP) is 5.98. The van der Waals surface area contributed by atoms with Crippen molar-refractivity contribution in [3.8, 4) is 0 Å².